The van der Waals surface area contributed by atoms with E-state index in [9.17, 15) is 14.4 Å². The maximum atomic E-state index is 13.0. The van der Waals surface area contributed by atoms with E-state index in [-0.39, 0.29) is 18.4 Å². The van der Waals surface area contributed by atoms with E-state index < -0.39 is 17.9 Å². The molecule has 4 rings (SSSR count). The van der Waals surface area contributed by atoms with Crippen LogP contribution in [0.15, 0.2) is 54.2 Å². The molecule has 0 aliphatic carbocycles. The Hall–Kier alpha value is -3.39. The molecule has 0 radical (unpaired) electrons. The van der Waals surface area contributed by atoms with Crippen molar-refractivity contribution in [3.8, 4) is 10.6 Å². The van der Waals surface area contributed by atoms with Gasteiger partial charge in [0.1, 0.15) is 11.0 Å². The molecular formula is C22H20N4O3S. The first-order valence-electron chi connectivity index (χ1n) is 9.57. The summed E-state index contributed by atoms with van der Waals surface area (Å²) in [6.45, 7) is 3.85. The van der Waals surface area contributed by atoms with Gasteiger partial charge in [0.05, 0.1) is 23.4 Å². The second-order valence-corrected chi connectivity index (χ2v) is 8.17. The number of carbonyl (C=O) groups is 3. The van der Waals surface area contributed by atoms with E-state index in [0.717, 1.165) is 15.5 Å². The second kappa shape index (κ2) is 8.16. The maximum absolute atomic E-state index is 13.0. The van der Waals surface area contributed by atoms with Gasteiger partial charge in [-0.15, -0.1) is 11.3 Å². The largest absolute Gasteiger partial charge is 0.349 e. The van der Waals surface area contributed by atoms with Crippen LogP contribution in [0.2, 0.25) is 0 Å². The second-order valence-electron chi connectivity index (χ2n) is 7.31. The van der Waals surface area contributed by atoms with Gasteiger partial charge in [0.25, 0.3) is 11.8 Å². The number of hydrogen-bond donors (Lipinski definition) is 1. The third-order valence-electron chi connectivity index (χ3n) is 4.93. The molecule has 0 spiro atoms. The normalized spacial score (nSPS) is 14.2. The highest BCUT2D eigenvalue weighted by Gasteiger charge is 2.43. The van der Waals surface area contributed by atoms with E-state index in [0.29, 0.717) is 16.8 Å². The third kappa shape index (κ3) is 3.61. The monoisotopic (exact) mass is 420 g/mol. The van der Waals surface area contributed by atoms with E-state index in [4.69, 9.17) is 0 Å². The van der Waals surface area contributed by atoms with Crippen LogP contribution in [-0.4, -0.2) is 38.6 Å². The van der Waals surface area contributed by atoms with Crippen molar-refractivity contribution >= 4 is 29.1 Å². The molecule has 1 atom stereocenters. The molecule has 0 saturated carbocycles. The third-order valence-corrected chi connectivity index (χ3v) is 5.87. The Morgan fingerprint density at radius 2 is 1.70 bits per heavy atom. The van der Waals surface area contributed by atoms with Gasteiger partial charge >= 0.3 is 0 Å². The highest BCUT2D eigenvalue weighted by Crippen LogP contribution is 2.27. The van der Waals surface area contributed by atoms with Crippen LogP contribution in [0.25, 0.3) is 10.6 Å². The van der Waals surface area contributed by atoms with Gasteiger partial charge in [-0.1, -0.05) is 26.0 Å². The van der Waals surface area contributed by atoms with Gasteiger partial charge in [-0.05, 0) is 30.2 Å². The zero-order chi connectivity index (χ0) is 21.3. The molecule has 152 valence electrons. The fourth-order valence-electron chi connectivity index (χ4n) is 3.48. The Morgan fingerprint density at radius 3 is 2.30 bits per heavy atom. The van der Waals surface area contributed by atoms with E-state index in [1.54, 1.807) is 36.7 Å². The minimum atomic E-state index is -0.893. The van der Waals surface area contributed by atoms with Crippen LogP contribution < -0.4 is 5.32 Å². The molecule has 1 aliphatic rings. The topological polar surface area (TPSA) is 92.3 Å². The summed E-state index contributed by atoms with van der Waals surface area (Å²) in [5.74, 6) is -1.48. The van der Waals surface area contributed by atoms with Crippen molar-refractivity contribution in [3.63, 3.8) is 0 Å². The number of aromatic nitrogens is 2. The molecule has 3 aromatic rings. The van der Waals surface area contributed by atoms with Crippen molar-refractivity contribution in [3.05, 3.63) is 71.0 Å². The number of benzene rings is 1. The molecule has 1 unspecified atom stereocenters. The van der Waals surface area contributed by atoms with Crippen molar-refractivity contribution in [2.45, 2.75) is 26.4 Å². The number of rotatable bonds is 6. The molecule has 3 amide bonds. The van der Waals surface area contributed by atoms with E-state index in [1.165, 1.54) is 11.3 Å². The fourth-order valence-corrected chi connectivity index (χ4v) is 4.30. The first kappa shape index (κ1) is 19.9. The van der Waals surface area contributed by atoms with Gasteiger partial charge < -0.3 is 5.32 Å². The van der Waals surface area contributed by atoms with Crippen LogP contribution in [0, 0.1) is 5.92 Å². The SMILES string of the molecule is CC(C)C(C(=O)NCc1csc(-c2ccncc2)n1)N1C(=O)c2ccccc2C1=O. The number of nitrogens with zero attached hydrogens (tertiary/aromatic N) is 3. The first-order chi connectivity index (χ1) is 14.5. The molecule has 2 aromatic heterocycles. The minimum absolute atomic E-state index is 0.215. The zero-order valence-corrected chi connectivity index (χ0v) is 17.3. The number of pyridine rings is 1. The molecule has 0 saturated heterocycles. The summed E-state index contributed by atoms with van der Waals surface area (Å²) in [5.41, 5.74) is 2.34. The van der Waals surface area contributed by atoms with Gasteiger partial charge in [-0.3, -0.25) is 24.3 Å². The predicted molar refractivity (Wildman–Crippen MR) is 113 cm³/mol. The van der Waals surface area contributed by atoms with Crippen LogP contribution in [0.1, 0.15) is 40.3 Å². The summed E-state index contributed by atoms with van der Waals surface area (Å²) in [6, 6.07) is 9.50. The Bertz CT molecular complexity index is 1080. The van der Waals surface area contributed by atoms with Gasteiger partial charge in [0, 0.05) is 23.3 Å². The van der Waals surface area contributed by atoms with Crippen molar-refractivity contribution in [2.75, 3.05) is 0 Å². The summed E-state index contributed by atoms with van der Waals surface area (Å²) in [6.07, 6.45) is 3.40. The predicted octanol–water partition coefficient (Wildman–Crippen LogP) is 3.14. The molecule has 3 heterocycles. The lowest BCUT2D eigenvalue weighted by atomic mass is 10.0. The molecule has 1 aliphatic heterocycles. The molecule has 8 heteroatoms. The van der Waals surface area contributed by atoms with Crippen LogP contribution in [0.4, 0.5) is 0 Å². The van der Waals surface area contributed by atoms with Crippen molar-refractivity contribution in [1.82, 2.24) is 20.2 Å². The average Bonchev–Trinajstić information content (AvgIpc) is 3.32. The molecular weight excluding hydrogens is 400 g/mol. The van der Waals surface area contributed by atoms with Crippen LogP contribution in [-0.2, 0) is 11.3 Å². The Kier molecular flexibility index (Phi) is 5.41. The number of imide groups is 1. The van der Waals surface area contributed by atoms with Crippen molar-refractivity contribution < 1.29 is 14.4 Å². The number of fused-ring (bicyclic) bond motifs is 1. The highest BCUT2D eigenvalue weighted by atomic mass is 32.1. The Labute approximate surface area is 177 Å². The summed E-state index contributed by atoms with van der Waals surface area (Å²) < 4.78 is 0. The molecule has 7 nitrogen and oxygen atoms in total. The first-order valence-corrected chi connectivity index (χ1v) is 10.4. The standard InChI is InChI=1S/C22H20N4O3S/c1-13(2)18(26-21(28)16-5-3-4-6-17(16)22(26)29)19(27)24-11-15-12-30-20(25-15)14-7-9-23-10-8-14/h3-10,12-13,18H,11H2,1-2H3,(H,24,27). The molecule has 0 bridgehead atoms. The van der Waals surface area contributed by atoms with Crippen LogP contribution in [0.5, 0.6) is 0 Å². The van der Waals surface area contributed by atoms with Gasteiger partial charge in [0.15, 0.2) is 0 Å². The number of carbonyl (C=O) groups excluding carboxylic acids is 3. The fraction of sp³-hybridized carbons (Fsp3) is 0.227. The molecule has 1 N–H and O–H groups in total. The quantitative estimate of drug-likeness (QED) is 0.619. The van der Waals surface area contributed by atoms with Gasteiger partial charge in [-0.2, -0.15) is 0 Å². The van der Waals surface area contributed by atoms with Crippen LogP contribution >= 0.6 is 11.3 Å². The summed E-state index contributed by atoms with van der Waals surface area (Å²) in [4.78, 5) is 48.2. The number of nitrogens with one attached hydrogen (secondary N) is 1. The lowest BCUT2D eigenvalue weighted by molar-refractivity contribution is -0.126. The van der Waals surface area contributed by atoms with Crippen LogP contribution in [0.3, 0.4) is 0 Å². The summed E-state index contributed by atoms with van der Waals surface area (Å²) in [7, 11) is 0. The lowest BCUT2D eigenvalue weighted by Crippen LogP contribution is -2.52. The lowest BCUT2D eigenvalue weighted by Gasteiger charge is -2.28. The number of amides is 3. The highest BCUT2D eigenvalue weighted by molar-refractivity contribution is 7.13. The van der Waals surface area contributed by atoms with E-state index in [1.807, 2.05) is 31.4 Å². The summed E-state index contributed by atoms with van der Waals surface area (Å²) in [5, 5.41) is 5.55. The smallest absolute Gasteiger partial charge is 0.262 e. The minimum Gasteiger partial charge on any atom is -0.349 e. The summed E-state index contributed by atoms with van der Waals surface area (Å²) >= 11 is 1.48. The van der Waals surface area contributed by atoms with E-state index in [2.05, 4.69) is 15.3 Å². The molecule has 1 aromatic carbocycles. The van der Waals surface area contributed by atoms with Crippen molar-refractivity contribution in [2.24, 2.45) is 5.92 Å². The molecule has 30 heavy (non-hydrogen) atoms. The zero-order valence-electron chi connectivity index (χ0n) is 16.5. The van der Waals surface area contributed by atoms with Gasteiger partial charge in [-0.25, -0.2) is 4.98 Å². The van der Waals surface area contributed by atoms with Gasteiger partial charge in [0.2, 0.25) is 5.91 Å². The van der Waals surface area contributed by atoms with E-state index >= 15 is 0 Å². The molecule has 0 fully saturated rings. The Morgan fingerprint density at radius 1 is 1.07 bits per heavy atom. The van der Waals surface area contributed by atoms with Crippen molar-refractivity contribution in [1.29, 1.82) is 0 Å². The Balaban J connectivity index is 1.49. The number of thiazole rings is 1. The number of hydrogen-bond acceptors (Lipinski definition) is 6. The maximum Gasteiger partial charge on any atom is 0.262 e. The average molecular weight is 420 g/mol.